The third kappa shape index (κ3) is 5.69. The van der Waals surface area contributed by atoms with Gasteiger partial charge in [-0.05, 0) is 17.0 Å². The lowest BCUT2D eigenvalue weighted by atomic mass is 10.0. The second-order valence-corrected chi connectivity index (χ2v) is 4.67. The maximum atomic E-state index is 11.6. The van der Waals surface area contributed by atoms with E-state index < -0.39 is 5.97 Å². The molecule has 0 aromatic heterocycles. The van der Waals surface area contributed by atoms with E-state index in [-0.39, 0.29) is 25.6 Å². The summed E-state index contributed by atoms with van der Waals surface area (Å²) >= 11 is 0. The molecule has 1 aromatic carbocycles. The molecule has 4 nitrogen and oxygen atoms in total. The van der Waals surface area contributed by atoms with Crippen LogP contribution < -0.4 is 0 Å². The zero-order chi connectivity index (χ0) is 15.0. The van der Waals surface area contributed by atoms with E-state index in [1.54, 1.807) is 0 Å². The van der Waals surface area contributed by atoms with E-state index in [0.29, 0.717) is 5.92 Å². The monoisotopic (exact) mass is 276 g/mol. The molecule has 0 unspecified atom stereocenters. The quantitative estimate of drug-likeness (QED) is 0.436. The van der Waals surface area contributed by atoms with Crippen LogP contribution in [0.3, 0.4) is 0 Å². The van der Waals surface area contributed by atoms with Gasteiger partial charge in [0.1, 0.15) is 13.2 Å². The molecule has 0 atom stereocenters. The predicted molar refractivity (Wildman–Crippen MR) is 76.4 cm³/mol. The highest BCUT2D eigenvalue weighted by Crippen LogP contribution is 2.15. The highest BCUT2D eigenvalue weighted by atomic mass is 16.6. The molecule has 0 N–H and O–H groups in total. The van der Waals surface area contributed by atoms with Gasteiger partial charge in [0.05, 0.1) is 6.42 Å². The fourth-order valence-corrected chi connectivity index (χ4v) is 1.59. The fourth-order valence-electron chi connectivity index (χ4n) is 1.59. The lowest BCUT2D eigenvalue weighted by molar-refractivity contribution is -0.149. The van der Waals surface area contributed by atoms with E-state index in [1.165, 1.54) is 5.56 Å². The summed E-state index contributed by atoms with van der Waals surface area (Å²) in [6.45, 7) is 7.61. The van der Waals surface area contributed by atoms with Gasteiger partial charge in [0, 0.05) is 6.08 Å². The zero-order valence-corrected chi connectivity index (χ0v) is 11.9. The van der Waals surface area contributed by atoms with Crippen molar-refractivity contribution in [1.29, 1.82) is 0 Å². The molecule has 20 heavy (non-hydrogen) atoms. The van der Waals surface area contributed by atoms with Gasteiger partial charge in [-0.15, -0.1) is 0 Å². The Labute approximate surface area is 119 Å². The van der Waals surface area contributed by atoms with E-state index in [4.69, 9.17) is 9.47 Å². The van der Waals surface area contributed by atoms with Gasteiger partial charge in [-0.2, -0.15) is 0 Å². The van der Waals surface area contributed by atoms with Gasteiger partial charge in [0.2, 0.25) is 0 Å². The largest absolute Gasteiger partial charge is 0.462 e. The molecule has 1 aromatic rings. The third-order valence-corrected chi connectivity index (χ3v) is 2.75. The van der Waals surface area contributed by atoms with E-state index in [1.807, 2.05) is 24.3 Å². The standard InChI is InChI=1S/C16H20O4/c1-4-15(17)19-9-10-20-16(18)11-13-5-7-14(8-6-13)12(2)3/h4-8,12H,1,9-11H2,2-3H3. The molecule has 0 saturated heterocycles. The molecule has 0 saturated carbocycles. The molecule has 0 bridgehead atoms. The minimum atomic E-state index is -0.523. The Morgan fingerprint density at radius 1 is 1.15 bits per heavy atom. The number of hydrogen-bond acceptors (Lipinski definition) is 4. The summed E-state index contributed by atoms with van der Waals surface area (Å²) in [5.74, 6) is -0.391. The lowest BCUT2D eigenvalue weighted by Gasteiger charge is -2.07. The van der Waals surface area contributed by atoms with Crippen molar-refractivity contribution in [2.45, 2.75) is 26.2 Å². The number of carbonyl (C=O) groups is 2. The first-order valence-corrected chi connectivity index (χ1v) is 6.56. The zero-order valence-electron chi connectivity index (χ0n) is 11.9. The summed E-state index contributed by atoms with van der Waals surface area (Å²) in [4.78, 5) is 22.3. The smallest absolute Gasteiger partial charge is 0.330 e. The predicted octanol–water partition coefficient (Wildman–Crippen LogP) is 2.62. The number of benzene rings is 1. The first-order chi connectivity index (χ1) is 9.52. The molecule has 108 valence electrons. The Morgan fingerprint density at radius 2 is 1.75 bits per heavy atom. The van der Waals surface area contributed by atoms with Crippen molar-refractivity contribution in [1.82, 2.24) is 0 Å². The molecule has 0 spiro atoms. The van der Waals surface area contributed by atoms with Crippen LogP contribution in [-0.2, 0) is 25.5 Å². The SMILES string of the molecule is C=CC(=O)OCCOC(=O)Cc1ccc(C(C)C)cc1. The van der Waals surface area contributed by atoms with E-state index >= 15 is 0 Å². The average Bonchev–Trinajstić information content (AvgIpc) is 2.43. The summed E-state index contributed by atoms with van der Waals surface area (Å²) < 4.78 is 9.67. The van der Waals surface area contributed by atoms with E-state index in [2.05, 4.69) is 20.4 Å². The summed E-state index contributed by atoms with van der Waals surface area (Å²) in [7, 11) is 0. The van der Waals surface area contributed by atoms with Crippen molar-refractivity contribution in [2.24, 2.45) is 0 Å². The van der Waals surface area contributed by atoms with Crippen LogP contribution in [0.15, 0.2) is 36.9 Å². The van der Waals surface area contributed by atoms with Crippen LogP contribution in [-0.4, -0.2) is 25.2 Å². The molecular weight excluding hydrogens is 256 g/mol. The van der Waals surface area contributed by atoms with Crippen molar-refractivity contribution in [2.75, 3.05) is 13.2 Å². The van der Waals surface area contributed by atoms with Crippen molar-refractivity contribution in [3.8, 4) is 0 Å². The van der Waals surface area contributed by atoms with Gasteiger partial charge in [-0.3, -0.25) is 4.79 Å². The van der Waals surface area contributed by atoms with Gasteiger partial charge in [-0.1, -0.05) is 44.7 Å². The van der Waals surface area contributed by atoms with Crippen LogP contribution >= 0.6 is 0 Å². The minimum absolute atomic E-state index is 0.0445. The highest BCUT2D eigenvalue weighted by Gasteiger charge is 2.06. The molecular formula is C16H20O4. The maximum absolute atomic E-state index is 11.6. The molecule has 0 heterocycles. The van der Waals surface area contributed by atoms with Gasteiger partial charge in [0.15, 0.2) is 0 Å². The van der Waals surface area contributed by atoms with Gasteiger partial charge in [-0.25, -0.2) is 4.79 Å². The van der Waals surface area contributed by atoms with Crippen molar-refractivity contribution in [3.63, 3.8) is 0 Å². The summed E-state index contributed by atoms with van der Waals surface area (Å²) in [5.41, 5.74) is 2.14. The maximum Gasteiger partial charge on any atom is 0.330 e. The molecule has 0 aliphatic heterocycles. The molecule has 0 aliphatic carbocycles. The summed E-state index contributed by atoms with van der Waals surface area (Å²) in [6, 6.07) is 7.88. The number of rotatable bonds is 7. The van der Waals surface area contributed by atoms with Crippen LogP contribution in [0, 0.1) is 0 Å². The molecule has 4 heteroatoms. The van der Waals surface area contributed by atoms with Crippen molar-refractivity contribution >= 4 is 11.9 Å². The van der Waals surface area contributed by atoms with E-state index in [9.17, 15) is 9.59 Å². The number of ether oxygens (including phenoxy) is 2. The van der Waals surface area contributed by atoms with Crippen LogP contribution in [0.1, 0.15) is 30.9 Å². The number of hydrogen-bond donors (Lipinski definition) is 0. The second-order valence-electron chi connectivity index (χ2n) is 4.67. The van der Waals surface area contributed by atoms with Crippen LogP contribution in [0.25, 0.3) is 0 Å². The van der Waals surface area contributed by atoms with Crippen LogP contribution in [0.4, 0.5) is 0 Å². The average molecular weight is 276 g/mol. The van der Waals surface area contributed by atoms with Crippen LogP contribution in [0.2, 0.25) is 0 Å². The normalized spacial score (nSPS) is 10.2. The third-order valence-electron chi connectivity index (χ3n) is 2.75. The topological polar surface area (TPSA) is 52.6 Å². The minimum Gasteiger partial charge on any atom is -0.462 e. The number of esters is 2. The second kappa shape index (κ2) is 8.15. The van der Waals surface area contributed by atoms with Gasteiger partial charge >= 0.3 is 11.9 Å². The lowest BCUT2D eigenvalue weighted by Crippen LogP contribution is -2.14. The Kier molecular flexibility index (Phi) is 6.50. The molecule has 0 radical (unpaired) electrons. The fraction of sp³-hybridized carbons (Fsp3) is 0.375. The Hall–Kier alpha value is -2.10. The van der Waals surface area contributed by atoms with Crippen LogP contribution in [0.5, 0.6) is 0 Å². The molecule has 0 fully saturated rings. The highest BCUT2D eigenvalue weighted by molar-refractivity contribution is 5.81. The molecule has 0 aliphatic rings. The first kappa shape index (κ1) is 16.0. The van der Waals surface area contributed by atoms with Gasteiger partial charge in [0.25, 0.3) is 0 Å². The molecule has 0 amide bonds. The van der Waals surface area contributed by atoms with E-state index in [0.717, 1.165) is 11.6 Å². The number of carbonyl (C=O) groups excluding carboxylic acids is 2. The Balaban J connectivity index is 2.31. The van der Waals surface area contributed by atoms with Crippen molar-refractivity contribution < 1.29 is 19.1 Å². The Morgan fingerprint density at radius 3 is 2.30 bits per heavy atom. The first-order valence-electron chi connectivity index (χ1n) is 6.56. The summed E-state index contributed by atoms with van der Waals surface area (Å²) in [5, 5.41) is 0. The Bertz CT molecular complexity index is 460. The molecule has 1 rings (SSSR count). The van der Waals surface area contributed by atoms with Crippen molar-refractivity contribution in [3.05, 3.63) is 48.0 Å². The summed E-state index contributed by atoms with van der Waals surface area (Å²) in [6.07, 6.45) is 1.28. The van der Waals surface area contributed by atoms with Gasteiger partial charge < -0.3 is 9.47 Å².